The van der Waals surface area contributed by atoms with Gasteiger partial charge in [0, 0.05) is 26.2 Å². The van der Waals surface area contributed by atoms with Crippen molar-refractivity contribution < 1.29 is 14.3 Å². The molecule has 0 saturated carbocycles. The van der Waals surface area contributed by atoms with Crippen LogP contribution in [-0.4, -0.2) is 63.2 Å². The normalized spacial score (nSPS) is 14.2. The molecule has 1 heterocycles. The van der Waals surface area contributed by atoms with E-state index in [1.807, 2.05) is 36.1 Å². The number of aliphatic imine (C=N–C) groups is 1. The molecule has 1 fully saturated rings. The van der Waals surface area contributed by atoms with E-state index in [1.54, 1.807) is 7.11 Å². The molecule has 2 N–H and O–H groups in total. The third-order valence-corrected chi connectivity index (χ3v) is 4.12. The molecule has 1 aliphatic heterocycles. The van der Waals surface area contributed by atoms with Gasteiger partial charge in [-0.25, -0.2) is 4.99 Å². The fraction of sp³-hybridized carbons (Fsp3) is 0.579. The number of amides is 1. The molecular weight excluding hydrogens is 332 g/mol. The van der Waals surface area contributed by atoms with Crippen molar-refractivity contribution in [3.8, 4) is 11.5 Å². The molecule has 0 radical (unpaired) electrons. The molecule has 0 spiro atoms. The summed E-state index contributed by atoms with van der Waals surface area (Å²) in [6.45, 7) is 6.00. The predicted octanol–water partition coefficient (Wildman–Crippen LogP) is 1.64. The molecule has 1 aliphatic rings. The zero-order valence-corrected chi connectivity index (χ0v) is 15.8. The van der Waals surface area contributed by atoms with Gasteiger partial charge in [0.2, 0.25) is 5.91 Å². The Hall–Kier alpha value is -2.44. The number of rotatable bonds is 9. The summed E-state index contributed by atoms with van der Waals surface area (Å²) in [6, 6.07) is 7.53. The Morgan fingerprint density at radius 2 is 1.85 bits per heavy atom. The van der Waals surface area contributed by atoms with Gasteiger partial charge < -0.3 is 25.0 Å². The Morgan fingerprint density at radius 3 is 2.50 bits per heavy atom. The van der Waals surface area contributed by atoms with Crippen molar-refractivity contribution in [2.45, 2.75) is 26.2 Å². The molecule has 1 aromatic carbocycles. The van der Waals surface area contributed by atoms with Gasteiger partial charge >= 0.3 is 0 Å². The Morgan fingerprint density at radius 1 is 1.15 bits per heavy atom. The molecule has 26 heavy (non-hydrogen) atoms. The summed E-state index contributed by atoms with van der Waals surface area (Å²) in [5.41, 5.74) is 0. The minimum atomic E-state index is 0.0996. The first-order chi connectivity index (χ1) is 12.7. The van der Waals surface area contributed by atoms with Crippen molar-refractivity contribution in [3.05, 3.63) is 24.3 Å². The van der Waals surface area contributed by atoms with E-state index in [4.69, 9.17) is 9.47 Å². The molecular formula is C19H30N4O3. The van der Waals surface area contributed by atoms with Gasteiger partial charge in [-0.05, 0) is 50.5 Å². The lowest BCUT2D eigenvalue weighted by atomic mass is 10.3. The second kappa shape index (κ2) is 11.2. The number of guanidine groups is 1. The highest BCUT2D eigenvalue weighted by Crippen LogP contribution is 2.16. The molecule has 144 valence electrons. The number of carbonyl (C=O) groups is 1. The third kappa shape index (κ3) is 6.82. The molecule has 1 saturated heterocycles. The van der Waals surface area contributed by atoms with Crippen molar-refractivity contribution in [1.82, 2.24) is 15.5 Å². The van der Waals surface area contributed by atoms with E-state index in [1.165, 1.54) is 0 Å². The number of nitrogens with one attached hydrogen (secondary N) is 2. The summed E-state index contributed by atoms with van der Waals surface area (Å²) in [5.74, 6) is 2.41. The number of hydrogen-bond acceptors (Lipinski definition) is 4. The molecule has 0 aromatic heterocycles. The summed E-state index contributed by atoms with van der Waals surface area (Å²) in [7, 11) is 1.64. The van der Waals surface area contributed by atoms with Crippen LogP contribution in [0, 0.1) is 0 Å². The largest absolute Gasteiger partial charge is 0.497 e. The van der Waals surface area contributed by atoms with Crippen molar-refractivity contribution in [1.29, 1.82) is 0 Å². The van der Waals surface area contributed by atoms with Gasteiger partial charge in [0.1, 0.15) is 18.0 Å². The van der Waals surface area contributed by atoms with Gasteiger partial charge in [-0.2, -0.15) is 0 Å². The van der Waals surface area contributed by atoms with Crippen LogP contribution < -0.4 is 20.1 Å². The van der Waals surface area contributed by atoms with Crippen molar-refractivity contribution >= 4 is 11.9 Å². The van der Waals surface area contributed by atoms with Crippen molar-refractivity contribution in [2.75, 3.05) is 46.4 Å². The zero-order chi connectivity index (χ0) is 18.6. The highest BCUT2D eigenvalue weighted by Gasteiger charge is 2.17. The molecule has 0 aliphatic carbocycles. The topological polar surface area (TPSA) is 75.2 Å². The summed E-state index contributed by atoms with van der Waals surface area (Å²) in [6.07, 6.45) is 3.03. The van der Waals surface area contributed by atoms with E-state index in [-0.39, 0.29) is 12.5 Å². The minimum Gasteiger partial charge on any atom is -0.497 e. The van der Waals surface area contributed by atoms with Crippen LogP contribution >= 0.6 is 0 Å². The number of methoxy groups -OCH3 is 1. The monoisotopic (exact) mass is 362 g/mol. The van der Waals surface area contributed by atoms with E-state index in [0.29, 0.717) is 12.6 Å². The van der Waals surface area contributed by atoms with Crippen LogP contribution in [-0.2, 0) is 4.79 Å². The SMILES string of the molecule is CCNC(=NCC(=O)N1CCCC1)NCCCOc1ccc(OC)cc1. The second-order valence-electron chi connectivity index (χ2n) is 6.09. The van der Waals surface area contributed by atoms with Crippen LogP contribution in [0.15, 0.2) is 29.3 Å². The summed E-state index contributed by atoms with van der Waals surface area (Å²) in [4.78, 5) is 18.3. The van der Waals surface area contributed by atoms with E-state index in [0.717, 1.165) is 56.9 Å². The Kier molecular flexibility index (Phi) is 8.59. The Bertz CT molecular complexity index is 569. The van der Waals surface area contributed by atoms with Crippen LogP contribution in [0.4, 0.5) is 0 Å². The fourth-order valence-corrected chi connectivity index (χ4v) is 2.70. The first-order valence-corrected chi connectivity index (χ1v) is 9.29. The molecule has 1 amide bonds. The quantitative estimate of drug-likeness (QED) is 0.397. The first kappa shape index (κ1) is 19.9. The number of carbonyl (C=O) groups excluding carboxylic acids is 1. The van der Waals surface area contributed by atoms with E-state index < -0.39 is 0 Å². The third-order valence-electron chi connectivity index (χ3n) is 4.12. The van der Waals surface area contributed by atoms with E-state index in [2.05, 4.69) is 15.6 Å². The van der Waals surface area contributed by atoms with Gasteiger partial charge in [0.25, 0.3) is 0 Å². The number of nitrogens with zero attached hydrogens (tertiary/aromatic N) is 2. The lowest BCUT2D eigenvalue weighted by Gasteiger charge is -2.15. The average molecular weight is 362 g/mol. The number of likely N-dealkylation sites (tertiary alicyclic amines) is 1. The molecule has 7 nitrogen and oxygen atoms in total. The molecule has 1 aromatic rings. The van der Waals surface area contributed by atoms with Gasteiger partial charge in [0.05, 0.1) is 13.7 Å². The first-order valence-electron chi connectivity index (χ1n) is 9.29. The summed E-state index contributed by atoms with van der Waals surface area (Å²) in [5, 5.41) is 6.40. The zero-order valence-electron chi connectivity index (χ0n) is 15.8. The van der Waals surface area contributed by atoms with Crippen LogP contribution in [0.3, 0.4) is 0 Å². The Labute approximate surface area is 155 Å². The summed E-state index contributed by atoms with van der Waals surface area (Å²) >= 11 is 0. The maximum Gasteiger partial charge on any atom is 0.244 e. The van der Waals surface area contributed by atoms with Crippen molar-refractivity contribution in [3.63, 3.8) is 0 Å². The highest BCUT2D eigenvalue weighted by atomic mass is 16.5. The van der Waals surface area contributed by atoms with Crippen LogP contribution in [0.1, 0.15) is 26.2 Å². The molecule has 7 heteroatoms. The van der Waals surface area contributed by atoms with Gasteiger partial charge in [-0.3, -0.25) is 4.79 Å². The van der Waals surface area contributed by atoms with Crippen molar-refractivity contribution in [2.24, 2.45) is 4.99 Å². The smallest absolute Gasteiger partial charge is 0.244 e. The number of ether oxygens (including phenoxy) is 2. The average Bonchev–Trinajstić information content (AvgIpc) is 3.21. The van der Waals surface area contributed by atoms with Crippen LogP contribution in [0.2, 0.25) is 0 Å². The molecule has 0 atom stereocenters. The minimum absolute atomic E-state index is 0.0996. The van der Waals surface area contributed by atoms with E-state index >= 15 is 0 Å². The molecule has 0 unspecified atom stereocenters. The lowest BCUT2D eigenvalue weighted by Crippen LogP contribution is -2.39. The highest BCUT2D eigenvalue weighted by molar-refractivity contribution is 5.85. The molecule has 2 rings (SSSR count). The number of benzene rings is 1. The van der Waals surface area contributed by atoms with Gasteiger partial charge in [-0.1, -0.05) is 0 Å². The molecule has 0 bridgehead atoms. The van der Waals surface area contributed by atoms with Crippen LogP contribution in [0.5, 0.6) is 11.5 Å². The number of hydrogen-bond donors (Lipinski definition) is 2. The van der Waals surface area contributed by atoms with Gasteiger partial charge in [0.15, 0.2) is 5.96 Å². The fourth-order valence-electron chi connectivity index (χ4n) is 2.70. The lowest BCUT2D eigenvalue weighted by molar-refractivity contribution is -0.128. The second-order valence-corrected chi connectivity index (χ2v) is 6.09. The maximum atomic E-state index is 12.1. The van der Waals surface area contributed by atoms with Gasteiger partial charge in [-0.15, -0.1) is 0 Å². The Balaban J connectivity index is 1.66. The maximum absolute atomic E-state index is 12.1. The van der Waals surface area contributed by atoms with E-state index in [9.17, 15) is 4.79 Å². The summed E-state index contributed by atoms with van der Waals surface area (Å²) < 4.78 is 10.8. The predicted molar refractivity (Wildman–Crippen MR) is 103 cm³/mol. The standard InChI is InChI=1S/C19H30N4O3/c1-3-20-19(22-15-18(24)23-12-4-5-13-23)21-11-6-14-26-17-9-7-16(25-2)8-10-17/h7-10H,3-6,11-15H2,1-2H3,(H2,20,21,22). The van der Waals surface area contributed by atoms with Crippen LogP contribution in [0.25, 0.3) is 0 Å².